The van der Waals surface area contributed by atoms with Gasteiger partial charge < -0.3 is 10.0 Å². The van der Waals surface area contributed by atoms with Crippen molar-refractivity contribution in [3.8, 4) is 11.4 Å². The molecule has 0 radical (unpaired) electrons. The van der Waals surface area contributed by atoms with E-state index < -0.39 is 5.97 Å². The number of rotatable bonds is 5. The predicted molar refractivity (Wildman–Crippen MR) is 70.8 cm³/mol. The summed E-state index contributed by atoms with van der Waals surface area (Å²) in [4.78, 5) is 24.9. The molecule has 0 saturated carbocycles. The fourth-order valence-electron chi connectivity index (χ4n) is 1.58. The van der Waals surface area contributed by atoms with Crippen molar-refractivity contribution in [1.29, 1.82) is 0 Å². The first-order valence-corrected chi connectivity index (χ1v) is 5.83. The highest BCUT2D eigenvalue weighted by Gasteiger charge is 2.07. The molecule has 19 heavy (non-hydrogen) atoms. The molecule has 0 aliphatic carbocycles. The molecule has 0 fully saturated rings. The van der Waals surface area contributed by atoms with Gasteiger partial charge in [0.2, 0.25) is 0 Å². The SMILES string of the molecule is CN(CCC(=O)O)c1ccnc(-c2ccncc2)n1. The number of carboxylic acids is 1. The Kier molecular flexibility index (Phi) is 4.02. The summed E-state index contributed by atoms with van der Waals surface area (Å²) in [6.07, 6.45) is 5.10. The number of aromatic nitrogens is 3. The van der Waals surface area contributed by atoms with Crippen molar-refractivity contribution in [3.05, 3.63) is 36.8 Å². The Hall–Kier alpha value is -2.50. The van der Waals surface area contributed by atoms with Crippen molar-refractivity contribution in [2.75, 3.05) is 18.5 Å². The third-order valence-electron chi connectivity index (χ3n) is 2.63. The quantitative estimate of drug-likeness (QED) is 0.874. The lowest BCUT2D eigenvalue weighted by Gasteiger charge is -2.17. The highest BCUT2D eigenvalue weighted by Crippen LogP contribution is 2.16. The summed E-state index contributed by atoms with van der Waals surface area (Å²) in [5.74, 6) is 0.473. The van der Waals surface area contributed by atoms with Gasteiger partial charge in [-0.25, -0.2) is 9.97 Å². The normalized spacial score (nSPS) is 10.2. The summed E-state index contributed by atoms with van der Waals surface area (Å²) in [7, 11) is 1.81. The van der Waals surface area contributed by atoms with Crippen LogP contribution >= 0.6 is 0 Å². The van der Waals surface area contributed by atoms with Gasteiger partial charge in [-0.3, -0.25) is 9.78 Å². The maximum atomic E-state index is 10.6. The van der Waals surface area contributed by atoms with Crippen LogP contribution in [0.4, 0.5) is 5.82 Å². The van der Waals surface area contributed by atoms with Crippen LogP contribution in [-0.2, 0) is 4.79 Å². The summed E-state index contributed by atoms with van der Waals surface area (Å²) in [6.45, 7) is 0.405. The van der Waals surface area contributed by atoms with Crippen LogP contribution in [0.15, 0.2) is 36.8 Å². The number of carboxylic acid groups (broad SMARTS) is 1. The number of aliphatic carboxylic acids is 1. The summed E-state index contributed by atoms with van der Waals surface area (Å²) in [5.41, 5.74) is 0.878. The molecule has 0 aliphatic rings. The average Bonchev–Trinajstić information content (AvgIpc) is 2.46. The summed E-state index contributed by atoms with van der Waals surface area (Å²) in [5, 5.41) is 8.68. The van der Waals surface area contributed by atoms with Crippen molar-refractivity contribution < 1.29 is 9.90 Å². The first-order chi connectivity index (χ1) is 9.16. The lowest BCUT2D eigenvalue weighted by atomic mass is 10.2. The molecule has 0 aliphatic heterocycles. The lowest BCUT2D eigenvalue weighted by molar-refractivity contribution is -0.136. The molecule has 0 bridgehead atoms. The van der Waals surface area contributed by atoms with Gasteiger partial charge in [0.1, 0.15) is 5.82 Å². The molecule has 0 spiro atoms. The second-order valence-electron chi connectivity index (χ2n) is 4.04. The van der Waals surface area contributed by atoms with E-state index >= 15 is 0 Å². The van der Waals surface area contributed by atoms with E-state index in [0.717, 1.165) is 5.56 Å². The predicted octanol–water partition coefficient (Wildman–Crippen LogP) is 1.45. The zero-order valence-electron chi connectivity index (χ0n) is 10.5. The molecule has 0 aromatic carbocycles. The van der Waals surface area contributed by atoms with Crippen LogP contribution in [0, 0.1) is 0 Å². The van der Waals surface area contributed by atoms with Crippen molar-refractivity contribution in [3.63, 3.8) is 0 Å². The number of hydrogen-bond acceptors (Lipinski definition) is 5. The molecule has 2 heterocycles. The van der Waals surface area contributed by atoms with Crippen LogP contribution < -0.4 is 4.90 Å². The maximum Gasteiger partial charge on any atom is 0.305 e. The molecule has 0 atom stereocenters. The van der Waals surface area contributed by atoms with Gasteiger partial charge in [0.25, 0.3) is 0 Å². The molecule has 0 saturated heterocycles. The van der Waals surface area contributed by atoms with Crippen molar-refractivity contribution in [2.24, 2.45) is 0 Å². The minimum Gasteiger partial charge on any atom is -0.481 e. The van der Waals surface area contributed by atoms with Gasteiger partial charge >= 0.3 is 5.97 Å². The van der Waals surface area contributed by atoms with E-state index in [9.17, 15) is 4.79 Å². The van der Waals surface area contributed by atoms with Crippen LogP contribution in [-0.4, -0.2) is 39.6 Å². The van der Waals surface area contributed by atoms with Crippen molar-refractivity contribution >= 4 is 11.8 Å². The largest absolute Gasteiger partial charge is 0.481 e. The molecule has 2 aromatic rings. The van der Waals surface area contributed by atoms with Crippen LogP contribution in [0.3, 0.4) is 0 Å². The summed E-state index contributed by atoms with van der Waals surface area (Å²) < 4.78 is 0. The minimum absolute atomic E-state index is 0.0745. The molecule has 1 N–H and O–H groups in total. The number of carbonyl (C=O) groups is 1. The Morgan fingerprint density at radius 3 is 2.68 bits per heavy atom. The Morgan fingerprint density at radius 1 is 1.26 bits per heavy atom. The Labute approximate surface area is 110 Å². The number of hydrogen-bond donors (Lipinski definition) is 1. The fraction of sp³-hybridized carbons (Fsp3) is 0.231. The second-order valence-corrected chi connectivity index (χ2v) is 4.04. The topological polar surface area (TPSA) is 79.2 Å². The monoisotopic (exact) mass is 258 g/mol. The maximum absolute atomic E-state index is 10.6. The molecule has 2 rings (SSSR count). The first kappa shape index (κ1) is 12.9. The molecule has 98 valence electrons. The standard InChI is InChI=1S/C13H14N4O2/c1-17(9-5-12(18)19)11-4-8-15-13(16-11)10-2-6-14-7-3-10/h2-4,6-8H,5,9H2,1H3,(H,18,19). The highest BCUT2D eigenvalue weighted by molar-refractivity contribution is 5.67. The van der Waals surface area contributed by atoms with E-state index in [-0.39, 0.29) is 6.42 Å². The Morgan fingerprint density at radius 2 is 2.00 bits per heavy atom. The lowest BCUT2D eigenvalue weighted by Crippen LogP contribution is -2.22. The van der Waals surface area contributed by atoms with Crippen LogP contribution in [0.25, 0.3) is 11.4 Å². The van der Waals surface area contributed by atoms with Gasteiger partial charge in [-0.1, -0.05) is 0 Å². The van der Waals surface area contributed by atoms with Crippen molar-refractivity contribution in [1.82, 2.24) is 15.0 Å². The van der Waals surface area contributed by atoms with Gasteiger partial charge in [-0.05, 0) is 18.2 Å². The summed E-state index contributed by atoms with van der Waals surface area (Å²) in [6, 6.07) is 5.42. The highest BCUT2D eigenvalue weighted by atomic mass is 16.4. The average molecular weight is 258 g/mol. The van der Waals surface area contributed by atoms with Gasteiger partial charge in [0, 0.05) is 37.7 Å². The Balaban J connectivity index is 2.17. The van der Waals surface area contributed by atoms with Crippen LogP contribution in [0.1, 0.15) is 6.42 Å². The molecule has 2 aromatic heterocycles. The zero-order chi connectivity index (χ0) is 13.7. The van der Waals surface area contributed by atoms with E-state index in [4.69, 9.17) is 5.11 Å². The van der Waals surface area contributed by atoms with E-state index in [0.29, 0.717) is 18.2 Å². The minimum atomic E-state index is -0.824. The van der Waals surface area contributed by atoms with Crippen molar-refractivity contribution in [2.45, 2.75) is 6.42 Å². The van der Waals surface area contributed by atoms with E-state index in [1.165, 1.54) is 0 Å². The first-order valence-electron chi connectivity index (χ1n) is 5.83. The van der Waals surface area contributed by atoms with Gasteiger partial charge in [0.05, 0.1) is 6.42 Å². The molecular formula is C13H14N4O2. The smallest absolute Gasteiger partial charge is 0.305 e. The molecular weight excluding hydrogens is 244 g/mol. The fourth-order valence-corrected chi connectivity index (χ4v) is 1.58. The number of pyridine rings is 1. The Bertz CT molecular complexity index is 560. The number of anilines is 1. The third kappa shape index (κ3) is 3.48. The molecule has 6 heteroatoms. The van der Waals surface area contributed by atoms with Gasteiger partial charge in [-0.2, -0.15) is 0 Å². The van der Waals surface area contributed by atoms with Gasteiger partial charge in [0.15, 0.2) is 5.82 Å². The molecule has 0 amide bonds. The van der Waals surface area contributed by atoms with E-state index in [1.807, 2.05) is 19.2 Å². The van der Waals surface area contributed by atoms with Crippen LogP contribution in [0.2, 0.25) is 0 Å². The second kappa shape index (κ2) is 5.90. The molecule has 6 nitrogen and oxygen atoms in total. The van der Waals surface area contributed by atoms with E-state index in [2.05, 4.69) is 15.0 Å². The van der Waals surface area contributed by atoms with E-state index in [1.54, 1.807) is 29.6 Å². The van der Waals surface area contributed by atoms with Crippen LogP contribution in [0.5, 0.6) is 0 Å². The molecule has 0 unspecified atom stereocenters. The van der Waals surface area contributed by atoms with Gasteiger partial charge in [-0.15, -0.1) is 0 Å². The summed E-state index contributed by atoms with van der Waals surface area (Å²) >= 11 is 0. The third-order valence-corrected chi connectivity index (χ3v) is 2.63. The zero-order valence-corrected chi connectivity index (χ0v) is 10.5. The number of nitrogens with zero attached hydrogens (tertiary/aromatic N) is 4.